The molecule has 1 unspecified atom stereocenters. The summed E-state index contributed by atoms with van der Waals surface area (Å²) in [5.41, 5.74) is 0.941. The fourth-order valence-corrected chi connectivity index (χ4v) is 3.49. The molecule has 3 rings (SSSR count). The van der Waals surface area contributed by atoms with Gasteiger partial charge in [0.15, 0.2) is 5.13 Å². The SMILES string of the molecule is O=C(Nc1nc2c(s1)COCC2)C1COCCN1CC(F)F. The zero-order valence-corrected chi connectivity index (χ0v) is 12.7. The molecule has 1 saturated heterocycles. The van der Waals surface area contributed by atoms with Crippen LogP contribution in [0.1, 0.15) is 10.6 Å². The van der Waals surface area contributed by atoms with E-state index in [0.29, 0.717) is 31.5 Å². The minimum absolute atomic E-state index is 0.118. The topological polar surface area (TPSA) is 63.7 Å². The number of halogens is 2. The minimum atomic E-state index is -2.47. The van der Waals surface area contributed by atoms with Gasteiger partial charge >= 0.3 is 0 Å². The van der Waals surface area contributed by atoms with E-state index >= 15 is 0 Å². The Bertz CT molecular complexity index is 517. The summed E-state index contributed by atoms with van der Waals surface area (Å²) in [5, 5.41) is 3.21. The maximum Gasteiger partial charge on any atom is 0.251 e. The van der Waals surface area contributed by atoms with Gasteiger partial charge in [-0.2, -0.15) is 0 Å². The molecule has 3 heterocycles. The number of nitrogens with one attached hydrogen (secondary N) is 1. The van der Waals surface area contributed by atoms with Gasteiger partial charge in [-0.25, -0.2) is 13.8 Å². The van der Waals surface area contributed by atoms with Gasteiger partial charge in [0.25, 0.3) is 6.43 Å². The van der Waals surface area contributed by atoms with Gasteiger partial charge in [0, 0.05) is 13.0 Å². The number of fused-ring (bicyclic) bond motifs is 1. The molecule has 0 radical (unpaired) electrons. The molecule has 0 spiro atoms. The van der Waals surface area contributed by atoms with E-state index in [2.05, 4.69) is 10.3 Å². The second-order valence-corrected chi connectivity index (χ2v) is 6.24. The molecule has 0 aliphatic carbocycles. The number of carbonyl (C=O) groups excluding carboxylic acids is 1. The number of ether oxygens (including phenoxy) is 2. The van der Waals surface area contributed by atoms with Crippen LogP contribution in [0.2, 0.25) is 0 Å². The number of amides is 1. The van der Waals surface area contributed by atoms with Crippen molar-refractivity contribution < 1.29 is 23.0 Å². The van der Waals surface area contributed by atoms with E-state index in [0.717, 1.165) is 17.0 Å². The number of morpholine rings is 1. The lowest BCUT2D eigenvalue weighted by Gasteiger charge is -2.33. The summed E-state index contributed by atoms with van der Waals surface area (Å²) in [5.74, 6) is -0.354. The van der Waals surface area contributed by atoms with Crippen LogP contribution in [0.25, 0.3) is 0 Å². The maximum absolute atomic E-state index is 12.6. The molecule has 122 valence electrons. The first-order valence-corrected chi connectivity index (χ1v) is 7.92. The summed E-state index contributed by atoms with van der Waals surface area (Å²) >= 11 is 1.37. The zero-order valence-electron chi connectivity index (χ0n) is 11.9. The van der Waals surface area contributed by atoms with Gasteiger partial charge in [0.2, 0.25) is 5.91 Å². The summed E-state index contributed by atoms with van der Waals surface area (Å²) in [4.78, 5) is 19.2. The van der Waals surface area contributed by atoms with Gasteiger partial charge in [-0.15, -0.1) is 0 Å². The quantitative estimate of drug-likeness (QED) is 0.895. The molecule has 22 heavy (non-hydrogen) atoms. The van der Waals surface area contributed by atoms with Crippen molar-refractivity contribution in [3.8, 4) is 0 Å². The van der Waals surface area contributed by atoms with E-state index in [9.17, 15) is 13.6 Å². The van der Waals surface area contributed by atoms with E-state index in [-0.39, 0.29) is 12.5 Å². The Labute approximate surface area is 130 Å². The minimum Gasteiger partial charge on any atom is -0.378 e. The van der Waals surface area contributed by atoms with Crippen LogP contribution in [0.15, 0.2) is 0 Å². The van der Waals surface area contributed by atoms with E-state index in [1.54, 1.807) is 0 Å². The fourth-order valence-electron chi connectivity index (χ4n) is 2.54. The Kier molecular flexibility index (Phi) is 4.97. The molecule has 2 aliphatic rings. The third kappa shape index (κ3) is 3.60. The van der Waals surface area contributed by atoms with Crippen LogP contribution in [0.5, 0.6) is 0 Å². The molecule has 1 amide bonds. The summed E-state index contributed by atoms with van der Waals surface area (Å²) in [6, 6.07) is -0.708. The highest BCUT2D eigenvalue weighted by Crippen LogP contribution is 2.27. The number of hydrogen-bond acceptors (Lipinski definition) is 6. The second kappa shape index (κ2) is 6.95. The summed E-state index contributed by atoms with van der Waals surface area (Å²) in [6.45, 7) is 1.51. The molecule has 2 aliphatic heterocycles. The molecule has 1 N–H and O–H groups in total. The van der Waals surface area contributed by atoms with Gasteiger partial charge < -0.3 is 14.8 Å². The number of aromatic nitrogens is 1. The van der Waals surface area contributed by atoms with Crippen molar-refractivity contribution in [1.82, 2.24) is 9.88 Å². The Morgan fingerprint density at radius 1 is 1.45 bits per heavy atom. The normalized spacial score (nSPS) is 22.6. The van der Waals surface area contributed by atoms with Crippen molar-refractivity contribution in [2.75, 3.05) is 38.2 Å². The average molecular weight is 333 g/mol. The number of carbonyl (C=O) groups is 1. The molecule has 1 aromatic heterocycles. The molecule has 1 fully saturated rings. The third-order valence-electron chi connectivity index (χ3n) is 3.64. The van der Waals surface area contributed by atoms with E-state index in [1.807, 2.05) is 0 Å². The lowest BCUT2D eigenvalue weighted by molar-refractivity contribution is -0.128. The molecule has 9 heteroatoms. The van der Waals surface area contributed by atoms with Gasteiger partial charge in [-0.1, -0.05) is 11.3 Å². The van der Waals surface area contributed by atoms with Crippen molar-refractivity contribution in [1.29, 1.82) is 0 Å². The number of alkyl halides is 2. The molecule has 1 aromatic rings. The number of anilines is 1. The predicted octanol–water partition coefficient (Wildman–Crippen LogP) is 1.12. The Balaban J connectivity index is 1.65. The Morgan fingerprint density at radius 3 is 3.09 bits per heavy atom. The van der Waals surface area contributed by atoms with Crippen LogP contribution >= 0.6 is 11.3 Å². The van der Waals surface area contributed by atoms with Crippen LogP contribution in [-0.4, -0.2) is 61.2 Å². The number of thiazole rings is 1. The molecule has 6 nitrogen and oxygen atoms in total. The first-order valence-electron chi connectivity index (χ1n) is 7.10. The van der Waals surface area contributed by atoms with E-state index < -0.39 is 19.0 Å². The zero-order chi connectivity index (χ0) is 15.5. The van der Waals surface area contributed by atoms with Crippen molar-refractivity contribution in [3.63, 3.8) is 0 Å². The van der Waals surface area contributed by atoms with Crippen LogP contribution in [0.3, 0.4) is 0 Å². The van der Waals surface area contributed by atoms with Crippen LogP contribution in [0, 0.1) is 0 Å². The number of hydrogen-bond donors (Lipinski definition) is 1. The molecule has 0 bridgehead atoms. The third-order valence-corrected chi connectivity index (χ3v) is 4.63. The van der Waals surface area contributed by atoms with Gasteiger partial charge in [0.1, 0.15) is 6.04 Å². The summed E-state index contributed by atoms with van der Waals surface area (Å²) in [7, 11) is 0. The highest BCUT2D eigenvalue weighted by Gasteiger charge is 2.31. The smallest absolute Gasteiger partial charge is 0.251 e. The Hall–Kier alpha value is -1.16. The molecule has 1 atom stereocenters. The first-order chi connectivity index (χ1) is 10.6. The van der Waals surface area contributed by atoms with Crippen LogP contribution in [-0.2, 0) is 27.3 Å². The van der Waals surface area contributed by atoms with Crippen molar-refractivity contribution in [3.05, 3.63) is 10.6 Å². The summed E-state index contributed by atoms with van der Waals surface area (Å²) in [6.07, 6.45) is -1.75. The molecule has 0 aromatic carbocycles. The van der Waals surface area contributed by atoms with Gasteiger partial charge in [-0.05, 0) is 0 Å². The monoisotopic (exact) mass is 333 g/mol. The lowest BCUT2D eigenvalue weighted by atomic mass is 10.2. The standard InChI is InChI=1S/C13H17F2N3O3S/c14-11(15)5-18-2-4-21-6-9(18)12(19)17-13-16-8-1-3-20-7-10(8)22-13/h9,11H,1-7H2,(H,16,17,19). The van der Waals surface area contributed by atoms with Crippen molar-refractivity contribution in [2.45, 2.75) is 25.5 Å². The molecular formula is C13H17F2N3O3S. The van der Waals surface area contributed by atoms with Crippen molar-refractivity contribution in [2.24, 2.45) is 0 Å². The summed E-state index contributed by atoms with van der Waals surface area (Å²) < 4.78 is 35.8. The second-order valence-electron chi connectivity index (χ2n) is 5.16. The van der Waals surface area contributed by atoms with Gasteiger partial charge in [-0.3, -0.25) is 9.69 Å². The highest BCUT2D eigenvalue weighted by atomic mass is 32.1. The van der Waals surface area contributed by atoms with Gasteiger partial charge in [0.05, 0.1) is 43.5 Å². The average Bonchev–Trinajstić information content (AvgIpc) is 2.89. The van der Waals surface area contributed by atoms with E-state index in [4.69, 9.17) is 9.47 Å². The maximum atomic E-state index is 12.6. The van der Waals surface area contributed by atoms with Crippen LogP contribution < -0.4 is 5.32 Å². The van der Waals surface area contributed by atoms with E-state index in [1.165, 1.54) is 16.2 Å². The largest absolute Gasteiger partial charge is 0.378 e. The highest BCUT2D eigenvalue weighted by molar-refractivity contribution is 7.15. The molecular weight excluding hydrogens is 316 g/mol. The Morgan fingerprint density at radius 2 is 2.32 bits per heavy atom. The number of nitrogens with zero attached hydrogens (tertiary/aromatic N) is 2. The predicted molar refractivity (Wildman–Crippen MR) is 76.3 cm³/mol. The fraction of sp³-hybridized carbons (Fsp3) is 0.692. The molecule has 0 saturated carbocycles. The number of rotatable bonds is 4. The lowest BCUT2D eigenvalue weighted by Crippen LogP contribution is -2.53. The van der Waals surface area contributed by atoms with Crippen molar-refractivity contribution >= 4 is 22.4 Å². The first kappa shape index (κ1) is 15.7. The van der Waals surface area contributed by atoms with Crippen LogP contribution in [0.4, 0.5) is 13.9 Å².